The zero-order chi connectivity index (χ0) is 26.1. The number of methoxy groups -OCH3 is 2. The Kier molecular flexibility index (Phi) is 9.66. The van der Waals surface area contributed by atoms with E-state index in [1.54, 1.807) is 10.8 Å². The van der Waals surface area contributed by atoms with Crippen LogP contribution in [-0.2, 0) is 27.4 Å². The summed E-state index contributed by atoms with van der Waals surface area (Å²) in [6, 6.07) is 9.42. The Balaban J connectivity index is 1.98. The number of benzene rings is 1. The maximum absolute atomic E-state index is 12.8. The number of anilines is 2. The molecule has 0 spiro atoms. The fourth-order valence-corrected chi connectivity index (χ4v) is 3.78. The first-order valence-electron chi connectivity index (χ1n) is 11.8. The van der Waals surface area contributed by atoms with Crippen LogP contribution in [0, 0.1) is 5.92 Å². The van der Waals surface area contributed by atoms with E-state index in [1.807, 2.05) is 30.3 Å². The first kappa shape index (κ1) is 27.0. The maximum atomic E-state index is 12.8. The molecule has 0 fully saturated rings. The number of ether oxygens (including phenoxy) is 3. The van der Waals surface area contributed by atoms with Crippen molar-refractivity contribution in [2.45, 2.75) is 33.4 Å². The van der Waals surface area contributed by atoms with E-state index in [0.717, 1.165) is 12.0 Å². The fraction of sp³-hybridized carbons (Fsp3) is 0.423. The summed E-state index contributed by atoms with van der Waals surface area (Å²) < 4.78 is 17.3. The van der Waals surface area contributed by atoms with Gasteiger partial charge in [-0.1, -0.05) is 26.0 Å². The minimum atomic E-state index is -0.557. The number of aromatic nitrogens is 2. The van der Waals surface area contributed by atoms with E-state index in [2.05, 4.69) is 29.5 Å². The van der Waals surface area contributed by atoms with Crippen LogP contribution in [0.3, 0.4) is 0 Å². The predicted molar refractivity (Wildman–Crippen MR) is 137 cm³/mol. The third-order valence-corrected chi connectivity index (χ3v) is 5.50. The smallest absolute Gasteiger partial charge is 0.356 e. The Morgan fingerprint density at radius 1 is 1.19 bits per heavy atom. The van der Waals surface area contributed by atoms with E-state index in [1.165, 1.54) is 14.2 Å². The van der Waals surface area contributed by atoms with E-state index in [9.17, 15) is 9.59 Å². The van der Waals surface area contributed by atoms with Gasteiger partial charge < -0.3 is 34.5 Å². The number of fused-ring (bicyclic) bond motifs is 1. The molecule has 0 aliphatic heterocycles. The van der Waals surface area contributed by atoms with Crippen molar-refractivity contribution in [1.82, 2.24) is 9.55 Å². The molecule has 3 aromatic rings. The highest BCUT2D eigenvalue weighted by Gasteiger charge is 2.26. The quantitative estimate of drug-likeness (QED) is 0.306. The number of hydrogen-bond acceptors (Lipinski definition) is 8. The number of nitrogens with one attached hydrogen (secondary N) is 2. The maximum Gasteiger partial charge on any atom is 0.356 e. The summed E-state index contributed by atoms with van der Waals surface area (Å²) >= 11 is 0. The number of amides is 1. The molecule has 1 amide bonds. The Hall–Kier alpha value is -3.63. The van der Waals surface area contributed by atoms with Crippen molar-refractivity contribution in [2.24, 2.45) is 5.92 Å². The van der Waals surface area contributed by atoms with Crippen molar-refractivity contribution >= 4 is 34.3 Å². The second-order valence-electron chi connectivity index (χ2n) is 8.70. The number of aliphatic hydroxyl groups excluding tert-OH is 1. The lowest BCUT2D eigenvalue weighted by atomic mass is 10.1. The Labute approximate surface area is 210 Å². The summed E-state index contributed by atoms with van der Waals surface area (Å²) in [5.74, 6) is 0.129. The van der Waals surface area contributed by atoms with Crippen LogP contribution in [0.5, 0.6) is 5.75 Å². The first-order chi connectivity index (χ1) is 17.4. The number of carbonyl (C=O) groups excluding carboxylic acids is 2. The molecule has 1 aromatic carbocycles. The molecule has 2 heterocycles. The molecule has 2 aromatic heterocycles. The van der Waals surface area contributed by atoms with Gasteiger partial charge in [0.05, 0.1) is 31.3 Å². The van der Waals surface area contributed by atoms with Gasteiger partial charge in [-0.2, -0.15) is 0 Å². The zero-order valence-electron chi connectivity index (χ0n) is 21.2. The largest absolute Gasteiger partial charge is 0.491 e. The number of aliphatic hydroxyl groups is 1. The summed E-state index contributed by atoms with van der Waals surface area (Å²) in [6.07, 6.45) is 2.51. The monoisotopic (exact) mass is 498 g/mol. The van der Waals surface area contributed by atoms with Crippen LogP contribution >= 0.6 is 0 Å². The van der Waals surface area contributed by atoms with Crippen LogP contribution in [0.4, 0.5) is 11.4 Å². The summed E-state index contributed by atoms with van der Waals surface area (Å²) in [5, 5.41) is 15.7. The van der Waals surface area contributed by atoms with E-state index in [-0.39, 0.29) is 31.4 Å². The van der Waals surface area contributed by atoms with Gasteiger partial charge in [0.25, 0.3) is 0 Å². The first-order valence-corrected chi connectivity index (χ1v) is 11.8. The lowest BCUT2D eigenvalue weighted by Gasteiger charge is -2.12. The van der Waals surface area contributed by atoms with E-state index < -0.39 is 5.97 Å². The molecule has 0 atom stereocenters. The van der Waals surface area contributed by atoms with Gasteiger partial charge in [0.2, 0.25) is 5.91 Å². The molecule has 36 heavy (non-hydrogen) atoms. The molecule has 0 radical (unpaired) electrons. The van der Waals surface area contributed by atoms with E-state index in [4.69, 9.17) is 19.3 Å². The average molecular weight is 499 g/mol. The SMILES string of the molecule is COCC(=O)Nc1c(C(=O)OC)n(CCC(C)C)c2ncc(NCc3cccc(OCCO)c3)cc12. The van der Waals surface area contributed by atoms with Crippen molar-refractivity contribution < 1.29 is 28.9 Å². The number of pyridine rings is 1. The highest BCUT2D eigenvalue weighted by Crippen LogP contribution is 2.33. The molecule has 0 aliphatic carbocycles. The van der Waals surface area contributed by atoms with Gasteiger partial charge in [0, 0.05) is 25.6 Å². The standard InChI is InChI=1S/C26H34N4O6/c1-17(2)8-9-30-24(26(33)35-4)23(29-22(32)16-34-3)21-13-19(15-28-25(21)30)27-14-18-6-5-7-20(12-18)36-11-10-31/h5-7,12-13,15,17,27,31H,8-11,14,16H2,1-4H3,(H,29,32). The number of nitrogens with zero attached hydrogens (tertiary/aromatic N) is 2. The Morgan fingerprint density at radius 3 is 2.69 bits per heavy atom. The molecular weight excluding hydrogens is 464 g/mol. The third-order valence-electron chi connectivity index (χ3n) is 5.50. The number of rotatable bonds is 13. The second-order valence-corrected chi connectivity index (χ2v) is 8.70. The van der Waals surface area contributed by atoms with Gasteiger partial charge in [-0.3, -0.25) is 4.79 Å². The van der Waals surface area contributed by atoms with Crippen LogP contribution < -0.4 is 15.4 Å². The van der Waals surface area contributed by atoms with Crippen molar-refractivity contribution in [1.29, 1.82) is 0 Å². The molecule has 10 heteroatoms. The number of aryl methyl sites for hydroxylation is 1. The lowest BCUT2D eigenvalue weighted by molar-refractivity contribution is -0.119. The number of carbonyl (C=O) groups is 2. The molecule has 3 rings (SSSR count). The van der Waals surface area contributed by atoms with E-state index in [0.29, 0.717) is 47.2 Å². The normalized spacial score (nSPS) is 11.1. The van der Waals surface area contributed by atoms with Gasteiger partial charge in [0.1, 0.15) is 24.6 Å². The molecular formula is C26H34N4O6. The van der Waals surface area contributed by atoms with Gasteiger partial charge in [-0.05, 0) is 36.1 Å². The summed E-state index contributed by atoms with van der Waals surface area (Å²) in [5.41, 5.74) is 2.86. The van der Waals surface area contributed by atoms with Gasteiger partial charge in [-0.15, -0.1) is 0 Å². The Morgan fingerprint density at radius 2 is 2.00 bits per heavy atom. The highest BCUT2D eigenvalue weighted by molar-refractivity contribution is 6.11. The van der Waals surface area contributed by atoms with Gasteiger partial charge >= 0.3 is 5.97 Å². The van der Waals surface area contributed by atoms with Crippen LogP contribution in [0.25, 0.3) is 11.0 Å². The van der Waals surface area contributed by atoms with E-state index >= 15 is 0 Å². The summed E-state index contributed by atoms with van der Waals surface area (Å²) in [6.45, 7) is 5.26. The Bertz CT molecular complexity index is 1190. The number of esters is 1. The highest BCUT2D eigenvalue weighted by atomic mass is 16.5. The number of hydrogen-bond donors (Lipinski definition) is 3. The van der Waals surface area contributed by atoms with Crippen molar-refractivity contribution in [2.75, 3.05) is 44.7 Å². The van der Waals surface area contributed by atoms with Gasteiger partial charge in [-0.25, -0.2) is 9.78 Å². The molecule has 3 N–H and O–H groups in total. The predicted octanol–water partition coefficient (Wildman–Crippen LogP) is 3.44. The van der Waals surface area contributed by atoms with Crippen LogP contribution in [0.15, 0.2) is 36.5 Å². The topological polar surface area (TPSA) is 124 Å². The van der Waals surface area contributed by atoms with Crippen LogP contribution in [-0.4, -0.2) is 60.6 Å². The molecule has 0 bridgehead atoms. The van der Waals surface area contributed by atoms with Gasteiger partial charge in [0.15, 0.2) is 5.69 Å². The van der Waals surface area contributed by atoms with Crippen molar-refractivity contribution in [3.05, 3.63) is 47.8 Å². The molecule has 0 saturated heterocycles. The fourth-order valence-electron chi connectivity index (χ4n) is 3.78. The summed E-state index contributed by atoms with van der Waals surface area (Å²) in [7, 11) is 2.74. The molecule has 10 nitrogen and oxygen atoms in total. The second kappa shape index (κ2) is 12.9. The van der Waals surface area contributed by atoms with Crippen LogP contribution in [0.2, 0.25) is 0 Å². The summed E-state index contributed by atoms with van der Waals surface area (Å²) in [4.78, 5) is 29.9. The minimum absolute atomic E-state index is 0.0538. The average Bonchev–Trinajstić information content (AvgIpc) is 3.17. The molecule has 0 saturated carbocycles. The van der Waals surface area contributed by atoms with Crippen molar-refractivity contribution in [3.8, 4) is 5.75 Å². The zero-order valence-corrected chi connectivity index (χ0v) is 21.2. The minimum Gasteiger partial charge on any atom is -0.491 e. The van der Waals surface area contributed by atoms with Crippen LogP contribution in [0.1, 0.15) is 36.3 Å². The molecule has 0 aliphatic rings. The molecule has 0 unspecified atom stereocenters. The molecule has 194 valence electrons. The lowest BCUT2D eigenvalue weighted by Crippen LogP contribution is -2.20. The van der Waals surface area contributed by atoms with Crippen molar-refractivity contribution in [3.63, 3.8) is 0 Å². The third kappa shape index (κ3) is 6.73.